The molecule has 1 aliphatic heterocycles. The third-order valence-electron chi connectivity index (χ3n) is 5.68. The zero-order valence-electron chi connectivity index (χ0n) is 18.3. The fraction of sp³-hybridized carbons (Fsp3) is 0.320. The Morgan fingerprint density at radius 1 is 1.30 bits per heavy atom. The van der Waals surface area contributed by atoms with Gasteiger partial charge in [0.1, 0.15) is 0 Å². The van der Waals surface area contributed by atoms with E-state index in [1.54, 1.807) is 0 Å². The maximum atomic E-state index is 9.29. The topological polar surface area (TPSA) is 64.8 Å². The summed E-state index contributed by atoms with van der Waals surface area (Å²) >= 11 is 0. The molecule has 1 aromatic carbocycles. The molecule has 1 aromatic heterocycles. The van der Waals surface area contributed by atoms with Gasteiger partial charge in [-0.2, -0.15) is 10.4 Å². The molecule has 0 spiro atoms. The van der Waals surface area contributed by atoms with Crippen molar-refractivity contribution in [3.8, 4) is 6.07 Å². The Hall–Kier alpha value is -3.23. The van der Waals surface area contributed by atoms with Gasteiger partial charge in [-0.1, -0.05) is 30.9 Å². The summed E-state index contributed by atoms with van der Waals surface area (Å²) in [5, 5.41) is 23.6. The van der Waals surface area contributed by atoms with E-state index >= 15 is 0 Å². The van der Waals surface area contributed by atoms with Crippen LogP contribution in [0.15, 0.2) is 42.0 Å². The van der Waals surface area contributed by atoms with Crippen LogP contribution in [0.1, 0.15) is 35.7 Å². The molecule has 0 saturated heterocycles. The molecule has 5 heteroatoms. The third kappa shape index (κ3) is 4.67. The quantitative estimate of drug-likeness (QED) is 0.837. The molecule has 0 radical (unpaired) electrons. The number of aromatic nitrogens is 2. The van der Waals surface area contributed by atoms with Crippen LogP contribution in [0.2, 0.25) is 0 Å². The van der Waals surface area contributed by atoms with Crippen molar-refractivity contribution in [3.05, 3.63) is 74.8 Å². The lowest BCUT2D eigenvalue weighted by atomic mass is 9.99. The standard InChI is InChI=1S/C25H29N5/c1-6-23-19(4)28-29-25(27-16-22-9-7-8-21(15-26)18(22)3)24(23)14-17(2)20-10-12-30(5)13-11-20/h6-10,14H,2,11-13,16H2,1,3-5H3,(H,27,29)/b23-6-,24-14+. The molecule has 0 bridgehead atoms. The number of nitrogens with one attached hydrogen (secondary N) is 1. The second-order valence-corrected chi connectivity index (χ2v) is 7.72. The van der Waals surface area contributed by atoms with Gasteiger partial charge in [-0.05, 0) is 68.7 Å². The molecular formula is C25H29N5. The molecule has 0 unspecified atom stereocenters. The number of nitriles is 1. The van der Waals surface area contributed by atoms with Gasteiger partial charge in [-0.15, -0.1) is 5.10 Å². The van der Waals surface area contributed by atoms with Crippen LogP contribution in [0.25, 0.3) is 12.2 Å². The zero-order valence-corrected chi connectivity index (χ0v) is 18.3. The molecule has 2 heterocycles. The SMILES string of the molecule is C=C(/C=c1/c(NCc2cccc(C#N)c2C)nnc(C)/c1=C/C)C1=CCN(C)CC1. The summed E-state index contributed by atoms with van der Waals surface area (Å²) < 4.78 is 0. The predicted molar refractivity (Wildman–Crippen MR) is 123 cm³/mol. The van der Waals surface area contributed by atoms with Crippen LogP contribution >= 0.6 is 0 Å². The minimum atomic E-state index is 0.572. The molecule has 0 fully saturated rings. The Kier molecular flexibility index (Phi) is 6.81. The second kappa shape index (κ2) is 9.51. The number of rotatable bonds is 5. The van der Waals surface area contributed by atoms with E-state index < -0.39 is 0 Å². The van der Waals surface area contributed by atoms with Gasteiger partial charge in [0.2, 0.25) is 0 Å². The van der Waals surface area contributed by atoms with Crippen molar-refractivity contribution in [2.75, 3.05) is 25.5 Å². The summed E-state index contributed by atoms with van der Waals surface area (Å²) in [6.07, 6.45) is 7.44. The fourth-order valence-corrected chi connectivity index (χ4v) is 3.70. The van der Waals surface area contributed by atoms with Gasteiger partial charge in [-0.25, -0.2) is 0 Å². The smallest absolute Gasteiger partial charge is 0.156 e. The maximum absolute atomic E-state index is 9.29. The van der Waals surface area contributed by atoms with Gasteiger partial charge < -0.3 is 10.2 Å². The fourth-order valence-electron chi connectivity index (χ4n) is 3.70. The lowest BCUT2D eigenvalue weighted by molar-refractivity contribution is 0.361. The average molecular weight is 400 g/mol. The number of nitrogens with zero attached hydrogens (tertiary/aromatic N) is 4. The van der Waals surface area contributed by atoms with Crippen molar-refractivity contribution in [2.45, 2.75) is 33.7 Å². The molecule has 1 N–H and O–H groups in total. The largest absolute Gasteiger partial charge is 0.364 e. The van der Waals surface area contributed by atoms with Gasteiger partial charge in [0.15, 0.2) is 5.82 Å². The zero-order chi connectivity index (χ0) is 21.7. The van der Waals surface area contributed by atoms with E-state index in [2.05, 4.69) is 58.3 Å². The summed E-state index contributed by atoms with van der Waals surface area (Å²) in [6.45, 7) is 12.9. The average Bonchev–Trinajstić information content (AvgIpc) is 2.74. The molecule has 2 aromatic rings. The van der Waals surface area contributed by atoms with Crippen LogP contribution in [0.5, 0.6) is 0 Å². The van der Waals surface area contributed by atoms with Crippen molar-refractivity contribution in [1.82, 2.24) is 15.1 Å². The first-order chi connectivity index (χ1) is 14.4. The Morgan fingerprint density at radius 2 is 2.10 bits per heavy atom. The lowest BCUT2D eigenvalue weighted by Crippen LogP contribution is -2.33. The number of hydrogen-bond donors (Lipinski definition) is 1. The van der Waals surface area contributed by atoms with Gasteiger partial charge in [0, 0.05) is 30.1 Å². The highest BCUT2D eigenvalue weighted by Gasteiger charge is 2.11. The van der Waals surface area contributed by atoms with Crippen molar-refractivity contribution < 1.29 is 0 Å². The molecule has 0 saturated carbocycles. The Bertz CT molecular complexity index is 1150. The molecule has 1 aliphatic rings. The second-order valence-electron chi connectivity index (χ2n) is 7.72. The number of hydrogen-bond acceptors (Lipinski definition) is 5. The molecule has 3 rings (SSSR count). The van der Waals surface area contributed by atoms with Crippen LogP contribution < -0.4 is 15.8 Å². The van der Waals surface area contributed by atoms with Crippen molar-refractivity contribution in [1.29, 1.82) is 5.26 Å². The Morgan fingerprint density at radius 3 is 2.77 bits per heavy atom. The number of allylic oxidation sites excluding steroid dienone is 1. The third-order valence-corrected chi connectivity index (χ3v) is 5.68. The first kappa shape index (κ1) is 21.5. The normalized spacial score (nSPS) is 15.6. The van der Waals surface area contributed by atoms with E-state index in [-0.39, 0.29) is 0 Å². The summed E-state index contributed by atoms with van der Waals surface area (Å²) in [7, 11) is 2.13. The minimum Gasteiger partial charge on any atom is -0.364 e. The van der Waals surface area contributed by atoms with E-state index in [0.717, 1.165) is 58.2 Å². The van der Waals surface area contributed by atoms with Gasteiger partial charge in [0.25, 0.3) is 0 Å². The molecular weight excluding hydrogens is 370 g/mol. The van der Waals surface area contributed by atoms with Crippen LogP contribution in [0.3, 0.4) is 0 Å². The highest BCUT2D eigenvalue weighted by Crippen LogP contribution is 2.18. The highest BCUT2D eigenvalue weighted by atomic mass is 15.2. The van der Waals surface area contributed by atoms with E-state index in [1.807, 2.05) is 39.0 Å². The molecule has 5 nitrogen and oxygen atoms in total. The summed E-state index contributed by atoms with van der Waals surface area (Å²) in [6, 6.07) is 8.03. The molecule has 0 aliphatic carbocycles. The van der Waals surface area contributed by atoms with E-state index in [4.69, 9.17) is 0 Å². The molecule has 0 amide bonds. The number of aryl methyl sites for hydroxylation is 1. The lowest BCUT2D eigenvalue weighted by Gasteiger charge is -2.22. The first-order valence-corrected chi connectivity index (χ1v) is 10.2. The summed E-state index contributed by atoms with van der Waals surface area (Å²) in [5.74, 6) is 0.727. The van der Waals surface area contributed by atoms with Gasteiger partial charge in [0.05, 0.1) is 17.3 Å². The van der Waals surface area contributed by atoms with Gasteiger partial charge >= 0.3 is 0 Å². The van der Waals surface area contributed by atoms with Crippen LogP contribution in [0.4, 0.5) is 5.82 Å². The van der Waals surface area contributed by atoms with E-state index in [0.29, 0.717) is 12.1 Å². The summed E-state index contributed by atoms with van der Waals surface area (Å²) in [4.78, 5) is 2.30. The number of anilines is 1. The summed E-state index contributed by atoms with van der Waals surface area (Å²) in [5.41, 5.74) is 5.95. The molecule has 30 heavy (non-hydrogen) atoms. The molecule has 0 atom stereocenters. The van der Waals surface area contributed by atoms with Crippen molar-refractivity contribution in [3.63, 3.8) is 0 Å². The van der Waals surface area contributed by atoms with Crippen LogP contribution in [0, 0.1) is 25.2 Å². The minimum absolute atomic E-state index is 0.572. The number of likely N-dealkylation sites (N-methyl/N-ethyl adjacent to an activating group) is 1. The van der Waals surface area contributed by atoms with Crippen molar-refractivity contribution in [2.24, 2.45) is 0 Å². The van der Waals surface area contributed by atoms with Crippen molar-refractivity contribution >= 4 is 18.0 Å². The van der Waals surface area contributed by atoms with E-state index in [9.17, 15) is 5.26 Å². The monoisotopic (exact) mass is 399 g/mol. The van der Waals surface area contributed by atoms with E-state index in [1.165, 1.54) is 5.57 Å². The Balaban J connectivity index is 1.99. The van der Waals surface area contributed by atoms with Gasteiger partial charge in [-0.3, -0.25) is 0 Å². The molecule has 154 valence electrons. The van der Waals surface area contributed by atoms with Crippen LogP contribution in [-0.2, 0) is 6.54 Å². The van der Waals surface area contributed by atoms with Crippen LogP contribution in [-0.4, -0.2) is 35.2 Å². The Labute approximate surface area is 178 Å². The number of benzene rings is 1. The predicted octanol–water partition coefficient (Wildman–Crippen LogP) is 2.98. The highest BCUT2D eigenvalue weighted by molar-refractivity contribution is 5.61. The maximum Gasteiger partial charge on any atom is 0.156 e. The first-order valence-electron chi connectivity index (χ1n) is 10.2.